The van der Waals surface area contributed by atoms with Crippen LogP contribution in [0.1, 0.15) is 34.6 Å². The Morgan fingerprint density at radius 3 is 2.00 bits per heavy atom. The van der Waals surface area contributed by atoms with Gasteiger partial charge in [0.05, 0.1) is 0 Å². The summed E-state index contributed by atoms with van der Waals surface area (Å²) >= 11 is 0. The summed E-state index contributed by atoms with van der Waals surface area (Å²) in [7, 11) is 1.85. The predicted octanol–water partition coefficient (Wildman–Crippen LogP) is 1.47. The van der Waals surface area contributed by atoms with Gasteiger partial charge >= 0.3 is 0 Å². The molecule has 2 N–H and O–H groups in total. The second kappa shape index (κ2) is 3.48. The first-order valence-electron chi connectivity index (χ1n) is 5.64. The molecule has 0 aromatic carbocycles. The molecule has 1 rings (SSSR count). The van der Waals surface area contributed by atoms with E-state index in [1.54, 1.807) is 4.90 Å². The van der Waals surface area contributed by atoms with E-state index < -0.39 is 0 Å². The third kappa shape index (κ3) is 1.67. The molecule has 0 aromatic heterocycles. The van der Waals surface area contributed by atoms with Crippen molar-refractivity contribution in [3.05, 3.63) is 0 Å². The number of likely N-dealkylation sites (N-methyl/N-ethyl adjacent to an activating group) is 1. The van der Waals surface area contributed by atoms with Gasteiger partial charge in [0.15, 0.2) is 0 Å². The van der Waals surface area contributed by atoms with Crippen LogP contribution in [0.2, 0.25) is 0 Å². The Bertz CT molecular complexity index is 257. The molecule has 1 aliphatic carbocycles. The largest absolute Gasteiger partial charge is 0.342 e. The summed E-state index contributed by atoms with van der Waals surface area (Å²) in [4.78, 5) is 14.0. The quantitative estimate of drug-likeness (QED) is 0.770. The molecule has 1 saturated carbocycles. The zero-order valence-electron chi connectivity index (χ0n) is 10.8. The summed E-state index contributed by atoms with van der Waals surface area (Å²) < 4.78 is 0. The normalized spacial score (nSPS) is 24.7. The average Bonchev–Trinajstić information content (AvgIpc) is 2.54. The van der Waals surface area contributed by atoms with E-state index >= 15 is 0 Å². The predicted molar refractivity (Wildman–Crippen MR) is 62.3 cm³/mol. The highest BCUT2D eigenvalue weighted by molar-refractivity contribution is 5.84. The molecular formula is C12H24N2O. The van der Waals surface area contributed by atoms with Gasteiger partial charge in [-0.05, 0) is 17.8 Å². The van der Waals surface area contributed by atoms with E-state index in [4.69, 9.17) is 5.73 Å². The fraction of sp³-hybridized carbons (Fsp3) is 0.917. The molecule has 1 unspecified atom stereocenters. The molecule has 0 bridgehead atoms. The Labute approximate surface area is 93.0 Å². The Hall–Kier alpha value is -0.570. The SMILES string of the molecule is CC(CN)N(C)C(=O)C1C(C)(C)C1(C)C. The highest BCUT2D eigenvalue weighted by Gasteiger charge is 2.68. The molecule has 1 atom stereocenters. The summed E-state index contributed by atoms with van der Waals surface area (Å²) in [5.74, 6) is 0.381. The van der Waals surface area contributed by atoms with Crippen molar-refractivity contribution in [1.82, 2.24) is 4.90 Å². The van der Waals surface area contributed by atoms with Gasteiger partial charge in [-0.2, -0.15) is 0 Å². The fourth-order valence-electron chi connectivity index (χ4n) is 2.39. The summed E-state index contributed by atoms with van der Waals surface area (Å²) in [6.07, 6.45) is 0. The number of carbonyl (C=O) groups is 1. The zero-order valence-corrected chi connectivity index (χ0v) is 10.8. The second-order valence-corrected chi connectivity index (χ2v) is 5.91. The van der Waals surface area contributed by atoms with Crippen LogP contribution in [0.15, 0.2) is 0 Å². The van der Waals surface area contributed by atoms with Crippen LogP contribution in [0.5, 0.6) is 0 Å². The molecule has 0 heterocycles. The maximum Gasteiger partial charge on any atom is 0.226 e. The summed E-state index contributed by atoms with van der Waals surface area (Å²) in [6, 6.07) is 0.129. The number of hydrogen-bond donors (Lipinski definition) is 1. The molecule has 0 spiro atoms. The molecule has 1 amide bonds. The highest BCUT2D eigenvalue weighted by Crippen LogP contribution is 2.68. The van der Waals surface area contributed by atoms with Gasteiger partial charge in [0, 0.05) is 25.6 Å². The zero-order chi connectivity index (χ0) is 12.0. The molecule has 1 fully saturated rings. The lowest BCUT2D eigenvalue weighted by atomic mass is 10.0. The van der Waals surface area contributed by atoms with Gasteiger partial charge in [-0.3, -0.25) is 4.79 Å². The number of hydrogen-bond acceptors (Lipinski definition) is 2. The van der Waals surface area contributed by atoms with Crippen molar-refractivity contribution in [1.29, 1.82) is 0 Å². The van der Waals surface area contributed by atoms with Crippen molar-refractivity contribution in [2.45, 2.75) is 40.7 Å². The number of amides is 1. The smallest absolute Gasteiger partial charge is 0.226 e. The molecule has 1 aliphatic rings. The number of nitrogens with zero attached hydrogens (tertiary/aromatic N) is 1. The van der Waals surface area contributed by atoms with Crippen LogP contribution in [0.3, 0.4) is 0 Å². The van der Waals surface area contributed by atoms with Crippen molar-refractivity contribution in [3.63, 3.8) is 0 Å². The number of carbonyl (C=O) groups excluding carboxylic acids is 1. The van der Waals surface area contributed by atoms with E-state index in [2.05, 4.69) is 27.7 Å². The summed E-state index contributed by atoms with van der Waals surface area (Å²) in [5.41, 5.74) is 5.81. The Balaban J connectivity index is 2.73. The minimum absolute atomic E-state index is 0.118. The maximum atomic E-state index is 12.2. The topological polar surface area (TPSA) is 46.3 Å². The van der Waals surface area contributed by atoms with Gasteiger partial charge in [-0.25, -0.2) is 0 Å². The van der Waals surface area contributed by atoms with Crippen LogP contribution in [-0.4, -0.2) is 30.4 Å². The molecule has 0 radical (unpaired) electrons. The first-order valence-corrected chi connectivity index (χ1v) is 5.64. The molecule has 0 saturated heterocycles. The number of nitrogens with two attached hydrogens (primary N) is 1. The van der Waals surface area contributed by atoms with Gasteiger partial charge in [0.2, 0.25) is 5.91 Å². The fourth-order valence-corrected chi connectivity index (χ4v) is 2.39. The summed E-state index contributed by atoms with van der Waals surface area (Å²) in [5, 5.41) is 0. The molecule has 0 aromatic rings. The monoisotopic (exact) mass is 212 g/mol. The molecule has 0 aliphatic heterocycles. The van der Waals surface area contributed by atoms with Gasteiger partial charge in [0.1, 0.15) is 0 Å². The molecule has 3 heteroatoms. The molecule has 15 heavy (non-hydrogen) atoms. The Morgan fingerprint density at radius 2 is 1.73 bits per heavy atom. The lowest BCUT2D eigenvalue weighted by Crippen LogP contribution is -2.41. The molecular weight excluding hydrogens is 188 g/mol. The average molecular weight is 212 g/mol. The van der Waals surface area contributed by atoms with E-state index in [0.29, 0.717) is 6.54 Å². The van der Waals surface area contributed by atoms with Crippen LogP contribution >= 0.6 is 0 Å². The van der Waals surface area contributed by atoms with Gasteiger partial charge < -0.3 is 10.6 Å². The minimum Gasteiger partial charge on any atom is -0.342 e. The van der Waals surface area contributed by atoms with Gasteiger partial charge in [0.25, 0.3) is 0 Å². The van der Waals surface area contributed by atoms with Gasteiger partial charge in [-0.15, -0.1) is 0 Å². The third-order valence-electron chi connectivity index (χ3n) is 4.62. The first-order chi connectivity index (χ1) is 6.67. The standard InChI is InChI=1S/C12H24N2O/c1-8(7-13)14(6)10(15)9-11(2,3)12(9,4)5/h8-9H,7,13H2,1-6H3. The molecule has 88 valence electrons. The second-order valence-electron chi connectivity index (χ2n) is 5.91. The van der Waals surface area contributed by atoms with Crippen LogP contribution < -0.4 is 5.73 Å². The van der Waals surface area contributed by atoms with Crippen LogP contribution in [0.25, 0.3) is 0 Å². The Kier molecular flexibility index (Phi) is 2.90. The van der Waals surface area contributed by atoms with Crippen molar-refractivity contribution in [2.24, 2.45) is 22.5 Å². The van der Waals surface area contributed by atoms with Crippen molar-refractivity contribution >= 4 is 5.91 Å². The maximum absolute atomic E-state index is 12.2. The lowest BCUT2D eigenvalue weighted by Gasteiger charge is -2.24. The van der Waals surface area contributed by atoms with Crippen molar-refractivity contribution < 1.29 is 4.79 Å². The van der Waals surface area contributed by atoms with E-state index in [-0.39, 0.29) is 28.7 Å². The van der Waals surface area contributed by atoms with E-state index in [1.165, 1.54) is 0 Å². The van der Waals surface area contributed by atoms with E-state index in [9.17, 15) is 4.79 Å². The van der Waals surface area contributed by atoms with Crippen molar-refractivity contribution in [2.75, 3.05) is 13.6 Å². The first kappa shape index (κ1) is 12.5. The van der Waals surface area contributed by atoms with Crippen LogP contribution in [-0.2, 0) is 4.79 Å². The van der Waals surface area contributed by atoms with Crippen LogP contribution in [0, 0.1) is 16.7 Å². The lowest BCUT2D eigenvalue weighted by molar-refractivity contribution is -0.134. The number of rotatable bonds is 3. The van der Waals surface area contributed by atoms with Crippen LogP contribution in [0.4, 0.5) is 0 Å². The Morgan fingerprint density at radius 1 is 1.33 bits per heavy atom. The summed E-state index contributed by atoms with van der Waals surface area (Å²) in [6.45, 7) is 11.2. The highest BCUT2D eigenvalue weighted by atomic mass is 16.2. The van der Waals surface area contributed by atoms with Crippen molar-refractivity contribution in [3.8, 4) is 0 Å². The third-order valence-corrected chi connectivity index (χ3v) is 4.62. The minimum atomic E-state index is 0.118. The van der Waals surface area contributed by atoms with E-state index in [1.807, 2.05) is 14.0 Å². The van der Waals surface area contributed by atoms with Gasteiger partial charge in [-0.1, -0.05) is 27.7 Å². The van der Waals surface area contributed by atoms with E-state index in [0.717, 1.165) is 0 Å². The molecule has 3 nitrogen and oxygen atoms in total.